The van der Waals surface area contributed by atoms with E-state index in [1.165, 1.54) is 4.90 Å². The van der Waals surface area contributed by atoms with Crippen LogP contribution in [0, 0.1) is 11.3 Å². The SMILES string of the molecule is CC(C)(NC(=O)Nc1ccc2c(c1)CN(C1CCC(=O)NC1=O)C2=O)c1ccc(-c2cnc(-c3ccccc3)c(C#N)c2)cc1. The van der Waals surface area contributed by atoms with Crippen LogP contribution in [0.25, 0.3) is 22.4 Å². The van der Waals surface area contributed by atoms with Gasteiger partial charge in [0.1, 0.15) is 12.1 Å². The van der Waals surface area contributed by atoms with Gasteiger partial charge in [0.2, 0.25) is 11.8 Å². The summed E-state index contributed by atoms with van der Waals surface area (Å²) >= 11 is 0. The number of pyridine rings is 1. The van der Waals surface area contributed by atoms with Gasteiger partial charge in [-0.2, -0.15) is 5.26 Å². The largest absolute Gasteiger partial charge is 0.329 e. The number of nitrogens with one attached hydrogen (secondary N) is 3. The summed E-state index contributed by atoms with van der Waals surface area (Å²) in [5, 5.41) is 17.9. The minimum Gasteiger partial charge on any atom is -0.329 e. The molecular weight excluding hydrogens is 568 g/mol. The molecule has 2 aliphatic rings. The molecule has 10 heteroatoms. The molecule has 3 aromatic carbocycles. The van der Waals surface area contributed by atoms with Crippen LogP contribution in [0.15, 0.2) is 85.1 Å². The van der Waals surface area contributed by atoms with Crippen molar-refractivity contribution in [1.29, 1.82) is 5.26 Å². The third-order valence-corrected chi connectivity index (χ3v) is 8.20. The number of carbonyl (C=O) groups is 4. The van der Waals surface area contributed by atoms with Crippen molar-refractivity contribution in [3.05, 3.63) is 107 Å². The maximum atomic E-state index is 13.0. The van der Waals surface area contributed by atoms with Gasteiger partial charge in [0.15, 0.2) is 0 Å². The fourth-order valence-electron chi connectivity index (χ4n) is 5.78. The van der Waals surface area contributed by atoms with Gasteiger partial charge in [-0.25, -0.2) is 4.79 Å². The van der Waals surface area contributed by atoms with E-state index in [9.17, 15) is 24.4 Å². The smallest absolute Gasteiger partial charge is 0.319 e. The van der Waals surface area contributed by atoms with Crippen LogP contribution in [-0.4, -0.2) is 39.7 Å². The minimum absolute atomic E-state index is 0.184. The first-order valence-corrected chi connectivity index (χ1v) is 14.6. The molecule has 1 fully saturated rings. The van der Waals surface area contributed by atoms with Crippen LogP contribution >= 0.6 is 0 Å². The van der Waals surface area contributed by atoms with Gasteiger partial charge < -0.3 is 15.5 Å². The standard InChI is InChI=1S/C35H30N6O4/c1-35(2,26-10-8-21(9-11-26)24-16-23(18-36)31(37-19-24)22-6-4-3-5-7-22)40-34(45)38-27-12-13-28-25(17-27)20-41(33(28)44)29-14-15-30(42)39-32(29)43/h3-13,16-17,19,29H,14-15,20H2,1-2H3,(H2,38,40,45)(H,39,42,43). The Balaban J connectivity index is 1.11. The lowest BCUT2D eigenvalue weighted by molar-refractivity contribution is -0.136. The first kappa shape index (κ1) is 29.3. The number of hydrogen-bond donors (Lipinski definition) is 3. The maximum absolute atomic E-state index is 13.0. The third kappa shape index (κ3) is 5.88. The number of anilines is 1. The van der Waals surface area contributed by atoms with Gasteiger partial charge in [0.25, 0.3) is 5.91 Å². The number of imide groups is 1. The lowest BCUT2D eigenvalue weighted by atomic mass is 9.92. The second-order valence-corrected chi connectivity index (χ2v) is 11.7. The number of piperidine rings is 1. The van der Waals surface area contributed by atoms with Gasteiger partial charge in [-0.15, -0.1) is 0 Å². The van der Waals surface area contributed by atoms with E-state index in [4.69, 9.17) is 0 Å². The molecule has 3 N–H and O–H groups in total. The van der Waals surface area contributed by atoms with E-state index in [1.54, 1.807) is 24.4 Å². The highest BCUT2D eigenvalue weighted by Crippen LogP contribution is 2.31. The zero-order valence-electron chi connectivity index (χ0n) is 24.8. The van der Waals surface area contributed by atoms with Crippen molar-refractivity contribution in [3.8, 4) is 28.5 Å². The monoisotopic (exact) mass is 598 g/mol. The molecule has 1 saturated heterocycles. The summed E-state index contributed by atoms with van der Waals surface area (Å²) in [5.41, 5.74) is 5.52. The van der Waals surface area contributed by atoms with Gasteiger partial charge in [0, 0.05) is 41.5 Å². The second kappa shape index (κ2) is 11.7. The molecule has 5 amide bonds. The normalized spacial score (nSPS) is 16.1. The van der Waals surface area contributed by atoms with Crippen molar-refractivity contribution in [2.75, 3.05) is 5.32 Å². The Kier molecular flexibility index (Phi) is 7.60. The molecule has 1 aromatic heterocycles. The van der Waals surface area contributed by atoms with E-state index in [-0.39, 0.29) is 31.2 Å². The summed E-state index contributed by atoms with van der Waals surface area (Å²) < 4.78 is 0. The summed E-state index contributed by atoms with van der Waals surface area (Å²) in [6, 6.07) is 25.3. The zero-order valence-corrected chi connectivity index (χ0v) is 24.8. The summed E-state index contributed by atoms with van der Waals surface area (Å²) in [5.74, 6) is -1.08. The number of urea groups is 1. The Bertz CT molecular complexity index is 1880. The van der Waals surface area contributed by atoms with E-state index in [1.807, 2.05) is 74.5 Å². The Morgan fingerprint density at radius 2 is 1.73 bits per heavy atom. The van der Waals surface area contributed by atoms with Crippen molar-refractivity contribution in [2.24, 2.45) is 0 Å². The van der Waals surface area contributed by atoms with E-state index in [0.717, 1.165) is 22.3 Å². The number of rotatable bonds is 6. The number of carbonyl (C=O) groups excluding carboxylic acids is 4. The van der Waals surface area contributed by atoms with Crippen LogP contribution < -0.4 is 16.0 Å². The van der Waals surface area contributed by atoms with Gasteiger partial charge in [-0.05, 0) is 61.2 Å². The Hall–Kier alpha value is -5.82. The predicted octanol–water partition coefficient (Wildman–Crippen LogP) is 5.11. The molecule has 0 spiro atoms. The van der Waals surface area contributed by atoms with E-state index in [2.05, 4.69) is 27.0 Å². The van der Waals surface area contributed by atoms with Crippen LogP contribution in [0.4, 0.5) is 10.5 Å². The van der Waals surface area contributed by atoms with Crippen molar-refractivity contribution < 1.29 is 19.2 Å². The molecule has 0 bridgehead atoms. The number of nitriles is 1. The van der Waals surface area contributed by atoms with E-state index in [0.29, 0.717) is 28.1 Å². The fourth-order valence-corrected chi connectivity index (χ4v) is 5.78. The maximum Gasteiger partial charge on any atom is 0.319 e. The topological polar surface area (TPSA) is 144 Å². The molecule has 2 aliphatic heterocycles. The fraction of sp³-hybridized carbons (Fsp3) is 0.200. The highest BCUT2D eigenvalue weighted by atomic mass is 16.2. The van der Waals surface area contributed by atoms with Gasteiger partial charge in [-0.1, -0.05) is 54.6 Å². The first-order chi connectivity index (χ1) is 21.6. The summed E-state index contributed by atoms with van der Waals surface area (Å²) in [6.07, 6.45) is 2.22. The first-order valence-electron chi connectivity index (χ1n) is 14.6. The number of amides is 5. The summed E-state index contributed by atoms with van der Waals surface area (Å²) in [6.45, 7) is 4.01. The van der Waals surface area contributed by atoms with E-state index < -0.39 is 23.5 Å². The van der Waals surface area contributed by atoms with Crippen molar-refractivity contribution in [2.45, 2.75) is 44.8 Å². The van der Waals surface area contributed by atoms with Gasteiger partial charge >= 0.3 is 6.03 Å². The predicted molar refractivity (Wildman–Crippen MR) is 167 cm³/mol. The van der Waals surface area contributed by atoms with Crippen LogP contribution in [0.3, 0.4) is 0 Å². The van der Waals surface area contributed by atoms with Crippen LogP contribution in [0.2, 0.25) is 0 Å². The van der Waals surface area contributed by atoms with Crippen LogP contribution in [0.5, 0.6) is 0 Å². The molecule has 0 radical (unpaired) electrons. The number of aromatic nitrogens is 1. The van der Waals surface area contributed by atoms with Crippen LogP contribution in [0.1, 0.15) is 53.7 Å². The molecular formula is C35H30N6O4. The molecule has 45 heavy (non-hydrogen) atoms. The lowest BCUT2D eigenvalue weighted by Gasteiger charge is -2.29. The zero-order chi connectivity index (χ0) is 31.7. The van der Waals surface area contributed by atoms with Crippen molar-refractivity contribution in [3.63, 3.8) is 0 Å². The molecule has 4 aromatic rings. The van der Waals surface area contributed by atoms with Gasteiger partial charge in [0.05, 0.1) is 16.8 Å². The number of fused-ring (bicyclic) bond motifs is 1. The second-order valence-electron chi connectivity index (χ2n) is 11.7. The third-order valence-electron chi connectivity index (χ3n) is 8.20. The Labute approximate surface area is 260 Å². The average molecular weight is 599 g/mol. The number of benzene rings is 3. The number of nitrogens with zero attached hydrogens (tertiary/aromatic N) is 3. The van der Waals surface area contributed by atoms with Crippen molar-refractivity contribution in [1.82, 2.24) is 20.5 Å². The Morgan fingerprint density at radius 3 is 2.44 bits per heavy atom. The molecule has 0 aliphatic carbocycles. The molecule has 224 valence electrons. The van der Waals surface area contributed by atoms with Gasteiger partial charge in [-0.3, -0.25) is 24.7 Å². The van der Waals surface area contributed by atoms with E-state index >= 15 is 0 Å². The molecule has 1 atom stereocenters. The van der Waals surface area contributed by atoms with Crippen molar-refractivity contribution >= 4 is 29.4 Å². The summed E-state index contributed by atoms with van der Waals surface area (Å²) in [4.78, 5) is 55.9. The highest BCUT2D eigenvalue weighted by molar-refractivity contribution is 6.05. The Morgan fingerprint density at radius 1 is 0.978 bits per heavy atom. The molecule has 10 nitrogen and oxygen atoms in total. The minimum atomic E-state index is -0.731. The van der Waals surface area contributed by atoms with Crippen LogP contribution in [-0.2, 0) is 21.7 Å². The molecule has 1 unspecified atom stereocenters. The highest BCUT2D eigenvalue weighted by Gasteiger charge is 2.39. The molecule has 0 saturated carbocycles. The lowest BCUT2D eigenvalue weighted by Crippen LogP contribution is -2.52. The number of hydrogen-bond acceptors (Lipinski definition) is 6. The summed E-state index contributed by atoms with van der Waals surface area (Å²) in [7, 11) is 0. The quantitative estimate of drug-likeness (QED) is 0.263. The molecule has 6 rings (SSSR count). The average Bonchev–Trinajstić information content (AvgIpc) is 3.35. The molecule has 3 heterocycles.